The second-order valence-electron chi connectivity index (χ2n) is 9.73. The van der Waals surface area contributed by atoms with Gasteiger partial charge in [-0.2, -0.15) is 13.2 Å². The van der Waals surface area contributed by atoms with Crippen LogP contribution in [0.15, 0.2) is 29.3 Å². The minimum atomic E-state index is -4.99. The average molecular weight is 628 g/mol. The van der Waals surface area contributed by atoms with Gasteiger partial charge in [-0.1, -0.05) is 0 Å². The fourth-order valence-electron chi connectivity index (χ4n) is 4.21. The number of carboxylic acid groups (broad SMARTS) is 1. The Morgan fingerprint density at radius 1 is 1.22 bits per heavy atom. The molecular weight excluding hydrogens is 595 g/mol. The van der Waals surface area contributed by atoms with Crippen LogP contribution in [0.2, 0.25) is 0 Å². The van der Waals surface area contributed by atoms with Gasteiger partial charge in [0.25, 0.3) is 15.9 Å². The number of carbonyl (C=O) groups is 1. The van der Waals surface area contributed by atoms with Crippen molar-refractivity contribution in [1.82, 2.24) is 14.5 Å². The van der Waals surface area contributed by atoms with Gasteiger partial charge in [0.15, 0.2) is 4.90 Å². The smallest absolute Gasteiger partial charge is 0.412 e. The largest absolute Gasteiger partial charge is 0.485 e. The molecule has 1 aromatic heterocycles. The van der Waals surface area contributed by atoms with Crippen molar-refractivity contribution in [2.24, 2.45) is 0 Å². The van der Waals surface area contributed by atoms with E-state index >= 15 is 0 Å². The third-order valence-electron chi connectivity index (χ3n) is 6.45. The molecule has 0 unspecified atom stereocenters. The lowest BCUT2D eigenvalue weighted by molar-refractivity contribution is -0.175. The SMILES string of the molecule is CCOc1nn(CC)cc1S(=O)(=O)N1c2cc(N(C(=O)O)C(C)(C)C(F)(F)F)ccc2O[C@@H](CNS(C)(=O)=O)[C@H]1C. The minimum Gasteiger partial charge on any atom is -0.485 e. The number of nitrogens with one attached hydrogen (secondary N) is 1. The summed E-state index contributed by atoms with van der Waals surface area (Å²) in [5.74, 6) is -0.353. The van der Waals surface area contributed by atoms with Crippen molar-refractivity contribution in [2.45, 2.75) is 69.9 Å². The first-order valence-electron chi connectivity index (χ1n) is 12.4. The number of sulfonamides is 2. The van der Waals surface area contributed by atoms with Crippen LogP contribution in [0, 0.1) is 0 Å². The topological polar surface area (TPSA) is 160 Å². The summed E-state index contributed by atoms with van der Waals surface area (Å²) in [6.07, 6.45) is -5.86. The number of amides is 1. The second kappa shape index (κ2) is 11.2. The Morgan fingerprint density at radius 3 is 2.37 bits per heavy atom. The minimum absolute atomic E-state index is 0.0731. The lowest BCUT2D eigenvalue weighted by Gasteiger charge is -2.42. The van der Waals surface area contributed by atoms with E-state index in [2.05, 4.69) is 9.82 Å². The zero-order chi connectivity index (χ0) is 31.1. The highest BCUT2D eigenvalue weighted by molar-refractivity contribution is 7.93. The number of nitrogens with zero attached hydrogens (tertiary/aromatic N) is 4. The van der Waals surface area contributed by atoms with Crippen LogP contribution < -0.4 is 23.4 Å². The molecule has 1 aromatic carbocycles. The summed E-state index contributed by atoms with van der Waals surface area (Å²) in [6, 6.07) is 2.01. The summed E-state index contributed by atoms with van der Waals surface area (Å²) in [5, 5.41) is 13.9. The van der Waals surface area contributed by atoms with Crippen LogP contribution in [-0.2, 0) is 26.6 Å². The highest BCUT2D eigenvalue weighted by Gasteiger charge is 2.54. The van der Waals surface area contributed by atoms with Gasteiger partial charge >= 0.3 is 12.3 Å². The summed E-state index contributed by atoms with van der Waals surface area (Å²) in [5.41, 5.74) is -3.64. The Labute approximate surface area is 235 Å². The molecule has 2 heterocycles. The predicted molar refractivity (Wildman–Crippen MR) is 143 cm³/mol. The van der Waals surface area contributed by atoms with Crippen LogP contribution in [0.1, 0.15) is 34.6 Å². The van der Waals surface area contributed by atoms with Crippen LogP contribution in [-0.4, -0.2) is 81.1 Å². The molecule has 0 spiro atoms. The van der Waals surface area contributed by atoms with Gasteiger partial charge in [0.1, 0.15) is 17.4 Å². The molecule has 2 N–H and O–H groups in total. The Hall–Kier alpha value is -3.25. The standard InChI is InChI=1S/C23H32F3N5O8S2/c1-7-29-13-19(20(28-29)38-8-2)41(36,37)31-14(3)18(12-27-40(6,34)35)39-17-10-9-15(11-16(17)31)30(21(32)33)22(4,5)23(24,25)26/h9-11,13-14,18,27H,7-8,12H2,1-6H3,(H,32,33)/t14-,18+/m1/s1. The molecule has 41 heavy (non-hydrogen) atoms. The van der Waals surface area contributed by atoms with Gasteiger partial charge in [0.05, 0.1) is 30.3 Å². The number of benzene rings is 1. The number of hydrogen-bond acceptors (Lipinski definition) is 8. The highest BCUT2D eigenvalue weighted by Crippen LogP contribution is 2.45. The van der Waals surface area contributed by atoms with E-state index in [1.807, 2.05) is 0 Å². The highest BCUT2D eigenvalue weighted by atomic mass is 32.2. The molecule has 0 aliphatic carbocycles. The molecule has 0 bridgehead atoms. The molecule has 2 aromatic rings. The third kappa shape index (κ3) is 6.33. The number of hydrogen-bond donors (Lipinski definition) is 2. The molecule has 1 amide bonds. The van der Waals surface area contributed by atoms with Gasteiger partial charge in [-0.05, 0) is 52.8 Å². The van der Waals surface area contributed by atoms with E-state index in [1.165, 1.54) is 17.8 Å². The van der Waals surface area contributed by atoms with E-state index in [0.717, 1.165) is 28.8 Å². The summed E-state index contributed by atoms with van der Waals surface area (Å²) in [4.78, 5) is 11.8. The molecule has 0 radical (unpaired) electrons. The van der Waals surface area contributed by atoms with Crippen molar-refractivity contribution in [3.05, 3.63) is 24.4 Å². The van der Waals surface area contributed by atoms with Gasteiger partial charge < -0.3 is 14.6 Å². The first kappa shape index (κ1) is 32.3. The lowest BCUT2D eigenvalue weighted by Crippen LogP contribution is -2.57. The molecule has 1 aliphatic heterocycles. The van der Waals surface area contributed by atoms with E-state index in [4.69, 9.17) is 9.47 Å². The quantitative estimate of drug-likeness (QED) is 0.404. The van der Waals surface area contributed by atoms with Crippen molar-refractivity contribution >= 4 is 37.5 Å². The third-order valence-corrected chi connectivity index (χ3v) is 9.03. The summed E-state index contributed by atoms with van der Waals surface area (Å²) >= 11 is 0. The summed E-state index contributed by atoms with van der Waals surface area (Å²) in [7, 11) is -8.31. The number of anilines is 2. The van der Waals surface area contributed by atoms with Crippen LogP contribution in [0.4, 0.5) is 29.3 Å². The van der Waals surface area contributed by atoms with Gasteiger partial charge in [0, 0.05) is 19.3 Å². The van der Waals surface area contributed by atoms with Gasteiger partial charge in [-0.3, -0.25) is 13.9 Å². The molecule has 230 valence electrons. The fourth-order valence-corrected chi connectivity index (χ4v) is 6.44. The molecule has 0 saturated heterocycles. The van der Waals surface area contributed by atoms with Gasteiger partial charge in [-0.15, -0.1) is 5.10 Å². The Balaban J connectivity index is 2.27. The first-order valence-corrected chi connectivity index (χ1v) is 15.7. The molecule has 3 rings (SSSR count). The Kier molecular flexibility index (Phi) is 8.82. The van der Waals surface area contributed by atoms with Gasteiger partial charge in [-0.25, -0.2) is 26.4 Å². The average Bonchev–Trinajstić information content (AvgIpc) is 3.25. The van der Waals surface area contributed by atoms with E-state index in [0.29, 0.717) is 13.8 Å². The molecule has 2 atom stereocenters. The maximum atomic E-state index is 14.2. The van der Waals surface area contributed by atoms with Crippen molar-refractivity contribution in [3.8, 4) is 11.6 Å². The van der Waals surface area contributed by atoms with Crippen molar-refractivity contribution in [2.75, 3.05) is 28.6 Å². The van der Waals surface area contributed by atoms with Crippen LogP contribution in [0.25, 0.3) is 0 Å². The monoisotopic (exact) mass is 627 g/mol. The zero-order valence-corrected chi connectivity index (χ0v) is 24.8. The van der Waals surface area contributed by atoms with Crippen LogP contribution in [0.3, 0.4) is 0 Å². The number of ether oxygens (including phenoxy) is 2. The van der Waals surface area contributed by atoms with Crippen molar-refractivity contribution < 1.29 is 49.4 Å². The number of fused-ring (bicyclic) bond motifs is 1. The number of aromatic nitrogens is 2. The van der Waals surface area contributed by atoms with Crippen molar-refractivity contribution in [1.29, 1.82) is 0 Å². The number of halogens is 3. The molecular formula is C23H32F3N5O8S2. The fraction of sp³-hybridized carbons (Fsp3) is 0.565. The van der Waals surface area contributed by atoms with Crippen LogP contribution in [0.5, 0.6) is 11.6 Å². The number of alkyl halides is 3. The molecule has 0 saturated carbocycles. The predicted octanol–water partition coefficient (Wildman–Crippen LogP) is 3.02. The number of rotatable bonds is 10. The maximum absolute atomic E-state index is 14.2. The van der Waals surface area contributed by atoms with E-state index in [1.54, 1.807) is 13.8 Å². The zero-order valence-electron chi connectivity index (χ0n) is 23.1. The summed E-state index contributed by atoms with van der Waals surface area (Å²) < 4.78 is 109. The Bertz CT molecular complexity index is 1510. The van der Waals surface area contributed by atoms with E-state index in [-0.39, 0.29) is 46.8 Å². The van der Waals surface area contributed by atoms with Crippen LogP contribution >= 0.6 is 0 Å². The van der Waals surface area contributed by atoms with Gasteiger partial charge in [0.2, 0.25) is 10.0 Å². The summed E-state index contributed by atoms with van der Waals surface area (Å²) in [6.45, 7) is 6.12. The normalized spacial score (nSPS) is 18.0. The number of aryl methyl sites for hydroxylation is 1. The molecule has 1 aliphatic rings. The lowest BCUT2D eigenvalue weighted by atomic mass is 10.0. The molecule has 13 nitrogen and oxygen atoms in total. The van der Waals surface area contributed by atoms with Crippen molar-refractivity contribution in [3.63, 3.8) is 0 Å². The maximum Gasteiger partial charge on any atom is 0.412 e. The Morgan fingerprint density at radius 2 is 1.85 bits per heavy atom. The molecule has 0 fully saturated rings. The second-order valence-corrected chi connectivity index (χ2v) is 13.3. The first-order chi connectivity index (χ1) is 18.8. The van der Waals surface area contributed by atoms with E-state index in [9.17, 15) is 39.9 Å². The van der Waals surface area contributed by atoms with E-state index < -0.39 is 55.7 Å². The molecule has 18 heteroatoms.